The van der Waals surface area contributed by atoms with Crippen LogP contribution in [0.1, 0.15) is 31.6 Å². The van der Waals surface area contributed by atoms with E-state index in [0.29, 0.717) is 12.5 Å². The molecule has 0 aliphatic carbocycles. The van der Waals surface area contributed by atoms with E-state index < -0.39 is 0 Å². The van der Waals surface area contributed by atoms with E-state index in [0.717, 1.165) is 36.4 Å². The third kappa shape index (κ3) is 3.14. The lowest BCUT2D eigenvalue weighted by Gasteiger charge is -2.13. The monoisotopic (exact) mass is 260 g/mol. The molecule has 2 unspecified atom stereocenters. The molecule has 1 aromatic heterocycles. The number of rotatable bonds is 5. The van der Waals surface area contributed by atoms with Gasteiger partial charge in [-0.1, -0.05) is 12.1 Å². The van der Waals surface area contributed by atoms with Gasteiger partial charge in [0.2, 0.25) is 0 Å². The molecule has 19 heavy (non-hydrogen) atoms. The van der Waals surface area contributed by atoms with Crippen molar-refractivity contribution in [2.75, 3.05) is 6.61 Å². The SMILES string of the molecule is NC(CCC1CCCO1)Cc1nc2ccccc2o1. The molecule has 2 heterocycles. The van der Waals surface area contributed by atoms with Crippen LogP contribution in [0.25, 0.3) is 11.1 Å². The number of hydrogen-bond donors (Lipinski definition) is 1. The average molecular weight is 260 g/mol. The highest BCUT2D eigenvalue weighted by Gasteiger charge is 2.17. The number of para-hydroxylation sites is 2. The first-order valence-corrected chi connectivity index (χ1v) is 7.03. The number of benzene rings is 1. The largest absolute Gasteiger partial charge is 0.441 e. The number of fused-ring (bicyclic) bond motifs is 1. The maximum absolute atomic E-state index is 6.15. The van der Waals surface area contributed by atoms with E-state index in [1.807, 2.05) is 24.3 Å². The van der Waals surface area contributed by atoms with Crippen molar-refractivity contribution in [1.82, 2.24) is 4.98 Å². The van der Waals surface area contributed by atoms with Gasteiger partial charge >= 0.3 is 0 Å². The van der Waals surface area contributed by atoms with Crippen LogP contribution in [0.4, 0.5) is 0 Å². The lowest BCUT2D eigenvalue weighted by atomic mass is 10.0. The van der Waals surface area contributed by atoms with E-state index in [4.69, 9.17) is 14.9 Å². The van der Waals surface area contributed by atoms with Crippen molar-refractivity contribution >= 4 is 11.1 Å². The molecule has 0 spiro atoms. The number of hydrogen-bond acceptors (Lipinski definition) is 4. The summed E-state index contributed by atoms with van der Waals surface area (Å²) in [4.78, 5) is 4.45. The molecule has 2 aromatic rings. The van der Waals surface area contributed by atoms with Crippen LogP contribution in [-0.4, -0.2) is 23.7 Å². The second kappa shape index (κ2) is 5.72. The van der Waals surface area contributed by atoms with Crippen LogP contribution < -0.4 is 5.73 Å². The molecule has 0 amide bonds. The van der Waals surface area contributed by atoms with Crippen LogP contribution in [0, 0.1) is 0 Å². The van der Waals surface area contributed by atoms with Crippen molar-refractivity contribution in [2.45, 2.75) is 44.2 Å². The van der Waals surface area contributed by atoms with Gasteiger partial charge in [-0.25, -0.2) is 4.98 Å². The molecule has 2 N–H and O–H groups in total. The highest BCUT2D eigenvalue weighted by molar-refractivity contribution is 5.72. The van der Waals surface area contributed by atoms with E-state index in [2.05, 4.69) is 4.98 Å². The van der Waals surface area contributed by atoms with Crippen molar-refractivity contribution in [3.63, 3.8) is 0 Å². The lowest BCUT2D eigenvalue weighted by Crippen LogP contribution is -2.24. The van der Waals surface area contributed by atoms with Gasteiger partial charge in [0.25, 0.3) is 0 Å². The summed E-state index contributed by atoms with van der Waals surface area (Å²) < 4.78 is 11.3. The van der Waals surface area contributed by atoms with E-state index in [9.17, 15) is 0 Å². The fourth-order valence-corrected chi connectivity index (χ4v) is 2.61. The summed E-state index contributed by atoms with van der Waals surface area (Å²) in [6.07, 6.45) is 5.47. The maximum Gasteiger partial charge on any atom is 0.197 e. The Morgan fingerprint density at radius 1 is 1.37 bits per heavy atom. The highest BCUT2D eigenvalue weighted by atomic mass is 16.5. The Kier molecular flexibility index (Phi) is 3.80. The van der Waals surface area contributed by atoms with Gasteiger partial charge < -0.3 is 14.9 Å². The molecule has 1 aromatic carbocycles. The molecule has 1 fully saturated rings. The summed E-state index contributed by atoms with van der Waals surface area (Å²) in [6.45, 7) is 0.908. The van der Waals surface area contributed by atoms with Crippen molar-refractivity contribution < 1.29 is 9.15 Å². The van der Waals surface area contributed by atoms with Crippen LogP contribution in [0.3, 0.4) is 0 Å². The Morgan fingerprint density at radius 2 is 2.26 bits per heavy atom. The van der Waals surface area contributed by atoms with Crippen LogP contribution in [0.15, 0.2) is 28.7 Å². The number of nitrogens with zero attached hydrogens (tertiary/aromatic N) is 1. The number of ether oxygens (including phenoxy) is 1. The summed E-state index contributed by atoms with van der Waals surface area (Å²) >= 11 is 0. The van der Waals surface area contributed by atoms with Gasteiger partial charge in [0.1, 0.15) is 5.52 Å². The molecule has 0 radical (unpaired) electrons. The summed E-state index contributed by atoms with van der Waals surface area (Å²) in [7, 11) is 0. The van der Waals surface area contributed by atoms with Gasteiger partial charge in [0.15, 0.2) is 11.5 Å². The van der Waals surface area contributed by atoms with Crippen LogP contribution in [0.2, 0.25) is 0 Å². The first-order chi connectivity index (χ1) is 9.31. The average Bonchev–Trinajstić information content (AvgIpc) is 3.04. The number of oxazole rings is 1. The Balaban J connectivity index is 1.54. The first-order valence-electron chi connectivity index (χ1n) is 7.03. The minimum atomic E-state index is 0.0947. The normalized spacial score (nSPS) is 21.0. The summed E-state index contributed by atoms with van der Waals surface area (Å²) in [5.41, 5.74) is 7.89. The van der Waals surface area contributed by atoms with Crippen LogP contribution in [0.5, 0.6) is 0 Å². The van der Waals surface area contributed by atoms with Crippen LogP contribution in [-0.2, 0) is 11.2 Å². The van der Waals surface area contributed by atoms with Gasteiger partial charge in [0.05, 0.1) is 6.10 Å². The van der Waals surface area contributed by atoms with Crippen molar-refractivity contribution in [3.8, 4) is 0 Å². The highest BCUT2D eigenvalue weighted by Crippen LogP contribution is 2.19. The quantitative estimate of drug-likeness (QED) is 0.897. The zero-order chi connectivity index (χ0) is 13.1. The van der Waals surface area contributed by atoms with Gasteiger partial charge in [-0.05, 0) is 37.8 Å². The molecule has 2 atom stereocenters. The second-order valence-electron chi connectivity index (χ2n) is 5.25. The molecule has 0 saturated carbocycles. The smallest absolute Gasteiger partial charge is 0.197 e. The molecule has 102 valence electrons. The van der Waals surface area contributed by atoms with Crippen LogP contribution >= 0.6 is 0 Å². The third-order valence-electron chi connectivity index (χ3n) is 3.66. The number of aromatic nitrogens is 1. The Morgan fingerprint density at radius 3 is 3.05 bits per heavy atom. The molecule has 1 saturated heterocycles. The van der Waals surface area contributed by atoms with E-state index in [1.165, 1.54) is 12.8 Å². The minimum absolute atomic E-state index is 0.0947. The molecule has 4 heteroatoms. The summed E-state index contributed by atoms with van der Waals surface area (Å²) in [5, 5.41) is 0. The van der Waals surface area contributed by atoms with E-state index in [1.54, 1.807) is 0 Å². The minimum Gasteiger partial charge on any atom is -0.441 e. The zero-order valence-electron chi connectivity index (χ0n) is 11.0. The van der Waals surface area contributed by atoms with Gasteiger partial charge in [-0.2, -0.15) is 0 Å². The molecule has 4 nitrogen and oxygen atoms in total. The van der Waals surface area contributed by atoms with Gasteiger partial charge in [-0.15, -0.1) is 0 Å². The fraction of sp³-hybridized carbons (Fsp3) is 0.533. The van der Waals surface area contributed by atoms with Gasteiger partial charge in [-0.3, -0.25) is 0 Å². The molecule has 1 aliphatic heterocycles. The molecular formula is C15H20N2O2. The summed E-state index contributed by atoms with van der Waals surface area (Å²) in [6, 6.07) is 7.90. The lowest BCUT2D eigenvalue weighted by molar-refractivity contribution is 0.101. The Labute approximate surface area is 112 Å². The predicted octanol–water partition coefficient (Wildman–Crippen LogP) is 2.66. The van der Waals surface area contributed by atoms with Crippen molar-refractivity contribution in [3.05, 3.63) is 30.2 Å². The van der Waals surface area contributed by atoms with E-state index in [-0.39, 0.29) is 6.04 Å². The first kappa shape index (κ1) is 12.6. The predicted molar refractivity (Wildman–Crippen MR) is 73.9 cm³/mol. The molecular weight excluding hydrogens is 240 g/mol. The van der Waals surface area contributed by atoms with Crippen molar-refractivity contribution in [1.29, 1.82) is 0 Å². The molecule has 1 aliphatic rings. The van der Waals surface area contributed by atoms with Crippen molar-refractivity contribution in [2.24, 2.45) is 5.73 Å². The standard InChI is InChI=1S/C15H20N2O2/c16-11(7-8-12-4-3-9-18-12)10-15-17-13-5-1-2-6-14(13)19-15/h1-2,5-6,11-12H,3-4,7-10,16H2. The summed E-state index contributed by atoms with van der Waals surface area (Å²) in [5.74, 6) is 0.737. The second-order valence-corrected chi connectivity index (χ2v) is 5.25. The Hall–Kier alpha value is -1.39. The zero-order valence-corrected chi connectivity index (χ0v) is 11.0. The Bertz CT molecular complexity index is 499. The molecule has 3 rings (SSSR count). The third-order valence-corrected chi connectivity index (χ3v) is 3.66. The molecule has 0 bridgehead atoms. The number of nitrogens with two attached hydrogens (primary N) is 1. The fourth-order valence-electron chi connectivity index (χ4n) is 2.61. The maximum atomic E-state index is 6.15. The van der Waals surface area contributed by atoms with Gasteiger partial charge in [0, 0.05) is 19.1 Å². The topological polar surface area (TPSA) is 61.3 Å². The van der Waals surface area contributed by atoms with E-state index >= 15 is 0 Å².